The van der Waals surface area contributed by atoms with Gasteiger partial charge in [-0.15, -0.1) is 23.5 Å². The number of nitrogens with zero attached hydrogens (tertiary/aromatic N) is 2. The Kier molecular flexibility index (Phi) is 13.1. The molecule has 0 amide bonds. The number of benzene rings is 5. The average molecular weight is 754 g/mol. The predicted octanol–water partition coefficient (Wildman–Crippen LogP) is 7.31. The van der Waals surface area contributed by atoms with E-state index in [9.17, 15) is 13.0 Å². The lowest BCUT2D eigenvalue weighted by atomic mass is 9.93. The minimum absolute atomic E-state index is 0.154. The van der Waals surface area contributed by atoms with Crippen LogP contribution in [0.15, 0.2) is 140 Å². The van der Waals surface area contributed by atoms with E-state index in [0.29, 0.717) is 48.6 Å². The summed E-state index contributed by atoms with van der Waals surface area (Å²) in [5.74, 6) is 2.54. The van der Waals surface area contributed by atoms with Crippen molar-refractivity contribution in [3.05, 3.63) is 127 Å². The van der Waals surface area contributed by atoms with Gasteiger partial charge in [0.15, 0.2) is 6.54 Å². The molecular weight excluding hydrogens is 709 g/mol. The van der Waals surface area contributed by atoms with Crippen molar-refractivity contribution in [3.8, 4) is 22.5 Å². The highest BCUT2D eigenvalue weighted by atomic mass is 32.2. The maximum Gasteiger partial charge on any atom is 0.295 e. The zero-order valence-electron chi connectivity index (χ0n) is 29.1. The fourth-order valence-electron chi connectivity index (χ4n) is 6.43. The normalized spacial score (nSPS) is 12.4. The summed E-state index contributed by atoms with van der Waals surface area (Å²) >= 11 is 3.67. The predicted molar refractivity (Wildman–Crippen MR) is 217 cm³/mol. The largest absolute Gasteiger partial charge is 0.456 e. The Hall–Kier alpha value is -4.10. The van der Waals surface area contributed by atoms with Gasteiger partial charge in [0, 0.05) is 81.5 Å². The highest BCUT2D eigenvalue weighted by molar-refractivity contribution is 7.99. The highest BCUT2D eigenvalue weighted by Gasteiger charge is 2.24. The summed E-state index contributed by atoms with van der Waals surface area (Å²) in [6.07, 6.45) is 1.92. The van der Waals surface area contributed by atoms with Gasteiger partial charge in [-0.1, -0.05) is 54.6 Å². The van der Waals surface area contributed by atoms with Crippen molar-refractivity contribution in [1.82, 2.24) is 4.58 Å². The zero-order valence-corrected chi connectivity index (χ0v) is 31.5. The standard InChI is InChI=1S/C41H44N4O4S3/c42-21-25-44(23-9-27-50-33-11-3-1-4-12-33)31-17-19-35-38(29-31)49-39-30-32(45(26-22-43)24-10-28-51-34-13-5-2-6-14-34)18-20-36(39)41(35)37-15-7-8-16-40(37)52(46,47)48/h1-8,11-20,29-30H,9-10,21-28,42-43H2/p+1. The molecule has 270 valence electrons. The fourth-order valence-corrected chi connectivity index (χ4v) is 8.84. The molecule has 1 aliphatic carbocycles. The van der Waals surface area contributed by atoms with E-state index in [0.717, 1.165) is 59.4 Å². The Labute approximate surface area is 314 Å². The van der Waals surface area contributed by atoms with Crippen LogP contribution in [0.2, 0.25) is 0 Å². The molecule has 0 fully saturated rings. The Morgan fingerprint density at radius 2 is 1.37 bits per heavy atom. The molecule has 0 saturated heterocycles. The third-order valence-electron chi connectivity index (χ3n) is 8.82. The first-order valence-corrected chi connectivity index (χ1v) is 20.9. The van der Waals surface area contributed by atoms with Crippen LogP contribution in [0.5, 0.6) is 0 Å². The first-order chi connectivity index (χ1) is 25.4. The van der Waals surface area contributed by atoms with Gasteiger partial charge in [0.25, 0.3) is 10.1 Å². The lowest BCUT2D eigenvalue weighted by Gasteiger charge is -2.25. The van der Waals surface area contributed by atoms with Gasteiger partial charge >= 0.3 is 0 Å². The third-order valence-corrected chi connectivity index (χ3v) is 11.9. The van der Waals surface area contributed by atoms with Gasteiger partial charge in [0.05, 0.1) is 12.6 Å². The van der Waals surface area contributed by atoms with Crippen molar-refractivity contribution in [2.24, 2.45) is 11.5 Å². The van der Waals surface area contributed by atoms with Gasteiger partial charge in [-0.3, -0.25) is 4.55 Å². The van der Waals surface area contributed by atoms with Crippen LogP contribution in [0, 0.1) is 0 Å². The zero-order chi connectivity index (χ0) is 36.3. The number of anilines is 1. The van der Waals surface area contributed by atoms with Crippen LogP contribution in [-0.2, 0) is 10.1 Å². The summed E-state index contributed by atoms with van der Waals surface area (Å²) in [5.41, 5.74) is 15.6. The molecule has 11 heteroatoms. The van der Waals surface area contributed by atoms with E-state index in [-0.39, 0.29) is 4.90 Å². The molecule has 8 nitrogen and oxygen atoms in total. The summed E-state index contributed by atoms with van der Waals surface area (Å²) < 4.78 is 44.6. The molecule has 0 saturated carbocycles. The molecule has 4 aromatic carbocycles. The molecular formula is C41H45N4O4S3+. The molecule has 1 aliphatic heterocycles. The molecule has 0 spiro atoms. The van der Waals surface area contributed by atoms with Crippen LogP contribution in [-0.4, -0.2) is 63.7 Å². The van der Waals surface area contributed by atoms with Crippen LogP contribution in [0.25, 0.3) is 33.4 Å². The van der Waals surface area contributed by atoms with Crippen molar-refractivity contribution in [2.75, 3.05) is 55.7 Å². The molecule has 0 atom stereocenters. The fraction of sp³-hybridized carbons (Fsp3) is 0.244. The van der Waals surface area contributed by atoms with Gasteiger partial charge in [-0.2, -0.15) is 8.42 Å². The van der Waals surface area contributed by atoms with Crippen LogP contribution in [0.4, 0.5) is 5.69 Å². The minimum Gasteiger partial charge on any atom is -0.456 e. The van der Waals surface area contributed by atoms with Crippen molar-refractivity contribution >= 4 is 50.3 Å². The molecule has 52 heavy (non-hydrogen) atoms. The number of rotatable bonds is 17. The van der Waals surface area contributed by atoms with E-state index in [1.807, 2.05) is 72.1 Å². The van der Waals surface area contributed by atoms with E-state index in [1.54, 1.807) is 18.2 Å². The van der Waals surface area contributed by atoms with E-state index in [4.69, 9.17) is 15.9 Å². The van der Waals surface area contributed by atoms with Gasteiger partial charge in [0.1, 0.15) is 22.8 Å². The monoisotopic (exact) mass is 753 g/mol. The Bertz CT molecular complexity index is 2230. The summed E-state index contributed by atoms with van der Waals surface area (Å²) in [7, 11) is -4.52. The molecule has 1 heterocycles. The lowest BCUT2D eigenvalue weighted by Crippen LogP contribution is -2.35. The van der Waals surface area contributed by atoms with Crippen LogP contribution < -0.4 is 26.3 Å². The Morgan fingerprint density at radius 1 is 0.692 bits per heavy atom. The van der Waals surface area contributed by atoms with Crippen molar-refractivity contribution < 1.29 is 17.4 Å². The van der Waals surface area contributed by atoms with Crippen LogP contribution in [0.3, 0.4) is 0 Å². The molecule has 0 unspecified atom stereocenters. The number of hydrogen-bond acceptors (Lipinski definition) is 8. The second-order valence-corrected chi connectivity index (χ2v) is 16.1. The average Bonchev–Trinajstić information content (AvgIpc) is 3.16. The van der Waals surface area contributed by atoms with Crippen molar-refractivity contribution in [2.45, 2.75) is 27.5 Å². The molecule has 0 bridgehead atoms. The maximum absolute atomic E-state index is 12.7. The first kappa shape index (κ1) is 37.7. The molecule has 4 aromatic rings. The molecule has 2 aliphatic rings. The molecule has 0 radical (unpaired) electrons. The first-order valence-electron chi connectivity index (χ1n) is 17.5. The lowest BCUT2D eigenvalue weighted by molar-refractivity contribution is 0.483. The van der Waals surface area contributed by atoms with Gasteiger partial charge < -0.3 is 20.8 Å². The van der Waals surface area contributed by atoms with Crippen molar-refractivity contribution in [1.29, 1.82) is 0 Å². The molecule has 0 aromatic heterocycles. The van der Waals surface area contributed by atoms with E-state index < -0.39 is 10.1 Å². The quantitative estimate of drug-likeness (QED) is 0.0289. The van der Waals surface area contributed by atoms with E-state index in [2.05, 4.69) is 58.0 Å². The summed E-state index contributed by atoms with van der Waals surface area (Å²) in [6, 6.07) is 39.4. The van der Waals surface area contributed by atoms with E-state index >= 15 is 0 Å². The second-order valence-electron chi connectivity index (χ2n) is 12.4. The minimum atomic E-state index is -4.52. The van der Waals surface area contributed by atoms with E-state index in [1.165, 1.54) is 15.9 Å². The Balaban J connectivity index is 1.40. The SMILES string of the molecule is NCCN(CCCSc1ccccc1)c1ccc2c(-c3ccccc3S(=O)(=O)O)c3ccc(=[N+](CCN)CCCSc4ccccc4)cc-3oc2c1. The topological polar surface area (TPSA) is 126 Å². The maximum atomic E-state index is 12.7. The summed E-state index contributed by atoms with van der Waals surface area (Å²) in [5, 5.41) is 1.71. The smallest absolute Gasteiger partial charge is 0.295 e. The third kappa shape index (κ3) is 9.46. The second kappa shape index (κ2) is 18.1. The van der Waals surface area contributed by atoms with Gasteiger partial charge in [-0.05, 0) is 60.7 Å². The number of nitrogens with two attached hydrogens (primary N) is 2. The summed E-state index contributed by atoms with van der Waals surface area (Å²) in [6.45, 7) is 3.97. The van der Waals surface area contributed by atoms with Gasteiger partial charge in [-0.25, -0.2) is 4.58 Å². The molecule has 5 N–H and O–H groups in total. The number of fused-ring (bicyclic) bond motifs is 2. The number of thioether (sulfide) groups is 2. The van der Waals surface area contributed by atoms with Crippen LogP contribution in [0.1, 0.15) is 12.8 Å². The Morgan fingerprint density at radius 3 is 2.04 bits per heavy atom. The van der Waals surface area contributed by atoms with Gasteiger partial charge in [0.2, 0.25) is 5.36 Å². The highest BCUT2D eigenvalue weighted by Crippen LogP contribution is 2.43. The molecule has 6 rings (SSSR count). The summed E-state index contributed by atoms with van der Waals surface area (Å²) in [4.78, 5) is 4.61. The van der Waals surface area contributed by atoms with Crippen molar-refractivity contribution in [3.63, 3.8) is 0 Å². The van der Waals surface area contributed by atoms with Crippen LogP contribution >= 0.6 is 23.5 Å². The number of hydrogen-bond donors (Lipinski definition) is 3.